The highest BCUT2D eigenvalue weighted by Gasteiger charge is 2.47. The summed E-state index contributed by atoms with van der Waals surface area (Å²) in [5, 5.41) is 0. The normalized spacial score (nSPS) is 24.1. The molecule has 0 spiro atoms. The lowest BCUT2D eigenvalue weighted by Gasteiger charge is -2.14. The van der Waals surface area contributed by atoms with Crippen LogP contribution in [0.3, 0.4) is 0 Å². The summed E-state index contributed by atoms with van der Waals surface area (Å²) in [7, 11) is 0. The topological polar surface area (TPSA) is 40.2 Å². The van der Waals surface area contributed by atoms with Crippen molar-refractivity contribution in [2.75, 3.05) is 6.79 Å². The van der Waals surface area contributed by atoms with Crippen LogP contribution in [-0.4, -0.2) is 24.6 Å². The molecule has 0 N–H and O–H groups in total. The van der Waals surface area contributed by atoms with E-state index in [1.165, 1.54) is 0 Å². The maximum absolute atomic E-state index is 5.89. The quantitative estimate of drug-likeness (QED) is 0.766. The van der Waals surface area contributed by atoms with Gasteiger partial charge in [-0.05, 0) is 45.7 Å². The molecule has 104 valence electrons. The Morgan fingerprint density at radius 1 is 1.32 bits per heavy atom. The maximum Gasteiger partial charge on any atom is 0.231 e. The maximum atomic E-state index is 5.89. The molecule has 0 aliphatic carbocycles. The molecular weight excluding hydrogens is 244 g/mol. The zero-order chi connectivity index (χ0) is 13.5. The number of rotatable bonds is 5. The summed E-state index contributed by atoms with van der Waals surface area (Å²) in [6.07, 6.45) is 2.58. The van der Waals surface area contributed by atoms with E-state index >= 15 is 0 Å². The molecule has 4 nitrogen and oxygen atoms in total. The Morgan fingerprint density at radius 2 is 2.05 bits per heavy atom. The lowest BCUT2D eigenvalue weighted by atomic mass is 10.0. The highest BCUT2D eigenvalue weighted by molar-refractivity contribution is 5.46. The number of benzene rings is 1. The van der Waals surface area contributed by atoms with Crippen LogP contribution in [0.15, 0.2) is 18.2 Å². The van der Waals surface area contributed by atoms with Crippen LogP contribution in [0.4, 0.5) is 0 Å². The summed E-state index contributed by atoms with van der Waals surface area (Å²) < 4.78 is 22.1. The Morgan fingerprint density at radius 3 is 2.79 bits per heavy atom. The van der Waals surface area contributed by atoms with Crippen molar-refractivity contribution in [3.63, 3.8) is 0 Å². The molecule has 0 bridgehead atoms. The summed E-state index contributed by atoms with van der Waals surface area (Å²) in [4.78, 5) is 0. The predicted molar refractivity (Wildman–Crippen MR) is 70.8 cm³/mol. The fourth-order valence-electron chi connectivity index (χ4n) is 2.37. The van der Waals surface area contributed by atoms with Gasteiger partial charge in [-0.3, -0.25) is 0 Å². The fourth-order valence-corrected chi connectivity index (χ4v) is 2.37. The smallest absolute Gasteiger partial charge is 0.231 e. The van der Waals surface area contributed by atoms with Gasteiger partial charge in [0.05, 0.1) is 17.8 Å². The molecule has 0 radical (unpaired) electrons. The molecule has 19 heavy (non-hydrogen) atoms. The van der Waals surface area contributed by atoms with E-state index in [1.54, 1.807) is 0 Å². The first-order valence-electron chi connectivity index (χ1n) is 6.79. The minimum atomic E-state index is 0.0679. The van der Waals surface area contributed by atoms with Crippen molar-refractivity contribution in [1.82, 2.24) is 0 Å². The van der Waals surface area contributed by atoms with Gasteiger partial charge in [0.25, 0.3) is 0 Å². The van der Waals surface area contributed by atoms with E-state index in [0.717, 1.165) is 30.1 Å². The highest BCUT2D eigenvalue weighted by atomic mass is 16.7. The number of fused-ring (bicyclic) bond motifs is 1. The molecular formula is C15H20O4. The number of epoxide rings is 1. The summed E-state index contributed by atoms with van der Waals surface area (Å²) >= 11 is 0. The monoisotopic (exact) mass is 264 g/mol. The van der Waals surface area contributed by atoms with Gasteiger partial charge in [-0.2, -0.15) is 0 Å². The Bertz CT molecular complexity index is 469. The minimum Gasteiger partial charge on any atom is -0.491 e. The van der Waals surface area contributed by atoms with Crippen LogP contribution in [0.5, 0.6) is 17.2 Å². The van der Waals surface area contributed by atoms with Crippen LogP contribution >= 0.6 is 0 Å². The van der Waals surface area contributed by atoms with E-state index < -0.39 is 0 Å². The van der Waals surface area contributed by atoms with Crippen molar-refractivity contribution in [3.8, 4) is 17.2 Å². The summed E-state index contributed by atoms with van der Waals surface area (Å²) in [5.74, 6) is 2.37. The fraction of sp³-hybridized carbons (Fsp3) is 0.600. The summed E-state index contributed by atoms with van der Waals surface area (Å²) in [6.45, 7) is 6.63. The molecule has 2 unspecified atom stereocenters. The number of hydrogen-bond acceptors (Lipinski definition) is 4. The number of ether oxygens (including phenoxy) is 4. The summed E-state index contributed by atoms with van der Waals surface area (Å²) in [6, 6.07) is 5.69. The third kappa shape index (κ3) is 2.78. The van der Waals surface area contributed by atoms with Crippen molar-refractivity contribution < 1.29 is 18.9 Å². The first kappa shape index (κ1) is 12.6. The zero-order valence-electron chi connectivity index (χ0n) is 11.6. The van der Waals surface area contributed by atoms with E-state index in [2.05, 4.69) is 20.8 Å². The van der Waals surface area contributed by atoms with E-state index in [-0.39, 0.29) is 11.7 Å². The molecule has 3 rings (SSSR count). The molecule has 2 atom stereocenters. The third-order valence-corrected chi connectivity index (χ3v) is 3.68. The molecule has 1 saturated heterocycles. The van der Waals surface area contributed by atoms with Crippen LogP contribution in [0.2, 0.25) is 0 Å². The van der Waals surface area contributed by atoms with Gasteiger partial charge in [-0.25, -0.2) is 0 Å². The van der Waals surface area contributed by atoms with E-state index in [0.29, 0.717) is 12.9 Å². The molecule has 1 aromatic rings. The van der Waals surface area contributed by atoms with Crippen LogP contribution in [0, 0.1) is 0 Å². The van der Waals surface area contributed by atoms with Crippen LogP contribution in [0.25, 0.3) is 0 Å². The molecule has 2 heterocycles. The van der Waals surface area contributed by atoms with Crippen LogP contribution in [-0.2, 0) is 4.74 Å². The first-order chi connectivity index (χ1) is 9.04. The molecule has 0 aromatic heterocycles. The van der Waals surface area contributed by atoms with Gasteiger partial charge in [-0.15, -0.1) is 0 Å². The van der Waals surface area contributed by atoms with Crippen molar-refractivity contribution in [2.45, 2.75) is 51.4 Å². The Kier molecular flexibility index (Phi) is 3.05. The minimum absolute atomic E-state index is 0.0679. The van der Waals surface area contributed by atoms with E-state index in [9.17, 15) is 0 Å². The van der Waals surface area contributed by atoms with Crippen molar-refractivity contribution in [2.24, 2.45) is 0 Å². The zero-order valence-corrected chi connectivity index (χ0v) is 11.6. The van der Waals surface area contributed by atoms with Gasteiger partial charge in [0.2, 0.25) is 6.79 Å². The molecule has 0 saturated carbocycles. The van der Waals surface area contributed by atoms with Crippen LogP contribution < -0.4 is 14.2 Å². The Balaban J connectivity index is 1.50. The average Bonchev–Trinajstić information content (AvgIpc) is 2.76. The predicted octanol–water partition coefficient (Wildman–Crippen LogP) is 3.14. The third-order valence-electron chi connectivity index (χ3n) is 3.68. The lowest BCUT2D eigenvalue weighted by Crippen LogP contribution is -2.14. The second-order valence-electron chi connectivity index (χ2n) is 5.73. The molecule has 4 heteroatoms. The second-order valence-corrected chi connectivity index (χ2v) is 5.73. The van der Waals surface area contributed by atoms with Gasteiger partial charge in [0.15, 0.2) is 11.5 Å². The Labute approximate surface area is 113 Å². The van der Waals surface area contributed by atoms with Crippen LogP contribution in [0.1, 0.15) is 33.6 Å². The van der Waals surface area contributed by atoms with Crippen molar-refractivity contribution in [3.05, 3.63) is 18.2 Å². The highest BCUT2D eigenvalue weighted by Crippen LogP contribution is 2.39. The molecule has 0 amide bonds. The second kappa shape index (κ2) is 4.60. The van der Waals surface area contributed by atoms with Gasteiger partial charge < -0.3 is 18.9 Å². The number of hydrogen-bond donors (Lipinski definition) is 0. The van der Waals surface area contributed by atoms with Crippen molar-refractivity contribution in [1.29, 1.82) is 0 Å². The SMILES string of the molecule is CC(CCC1OC1(C)C)Oc1ccc2c(c1)OCO2. The van der Waals surface area contributed by atoms with E-state index in [1.807, 2.05) is 18.2 Å². The molecule has 2 aliphatic heterocycles. The standard InChI is InChI=1S/C15H20O4/c1-10(4-7-14-15(2,3)19-14)18-11-5-6-12-13(8-11)17-9-16-12/h5-6,8,10,14H,4,7,9H2,1-3H3. The molecule has 2 aliphatic rings. The van der Waals surface area contributed by atoms with Gasteiger partial charge >= 0.3 is 0 Å². The molecule has 1 aromatic carbocycles. The van der Waals surface area contributed by atoms with Gasteiger partial charge in [0.1, 0.15) is 5.75 Å². The first-order valence-corrected chi connectivity index (χ1v) is 6.79. The molecule has 1 fully saturated rings. The lowest BCUT2D eigenvalue weighted by molar-refractivity contribution is 0.173. The van der Waals surface area contributed by atoms with Gasteiger partial charge in [0, 0.05) is 6.07 Å². The van der Waals surface area contributed by atoms with Gasteiger partial charge in [-0.1, -0.05) is 0 Å². The average molecular weight is 264 g/mol. The van der Waals surface area contributed by atoms with E-state index in [4.69, 9.17) is 18.9 Å². The summed E-state index contributed by atoms with van der Waals surface area (Å²) in [5.41, 5.74) is 0.0679. The Hall–Kier alpha value is -1.42. The van der Waals surface area contributed by atoms with Crippen molar-refractivity contribution >= 4 is 0 Å². The largest absolute Gasteiger partial charge is 0.491 e.